The zero-order chi connectivity index (χ0) is 11.8. The Morgan fingerprint density at radius 1 is 1.18 bits per heavy atom. The molecule has 3 aromatic rings. The zero-order valence-corrected chi connectivity index (χ0v) is 10.0. The molecule has 84 valence electrons. The lowest BCUT2D eigenvalue weighted by molar-refractivity contribution is 0.943. The molecule has 0 bridgehead atoms. The van der Waals surface area contributed by atoms with E-state index in [1.54, 1.807) is 16.8 Å². The van der Waals surface area contributed by atoms with Crippen molar-refractivity contribution in [1.82, 2.24) is 14.6 Å². The van der Waals surface area contributed by atoms with Crippen LogP contribution in [0, 0.1) is 6.92 Å². The number of aryl methyl sites for hydroxylation is 1. The Bertz CT molecular complexity index is 688. The normalized spacial score (nSPS) is 10.9. The maximum absolute atomic E-state index is 6.06. The predicted molar refractivity (Wildman–Crippen MR) is 68.2 cm³/mol. The van der Waals surface area contributed by atoms with Gasteiger partial charge in [-0.05, 0) is 18.6 Å². The summed E-state index contributed by atoms with van der Waals surface area (Å²) in [6, 6.07) is 11.8. The third-order valence-corrected chi connectivity index (χ3v) is 3.02. The van der Waals surface area contributed by atoms with Gasteiger partial charge in [0.2, 0.25) is 0 Å². The van der Waals surface area contributed by atoms with Crippen LogP contribution < -0.4 is 0 Å². The molecule has 0 atom stereocenters. The van der Waals surface area contributed by atoms with Crippen LogP contribution in [0.15, 0.2) is 42.6 Å². The van der Waals surface area contributed by atoms with Crippen molar-refractivity contribution in [1.29, 1.82) is 0 Å². The molecule has 2 aromatic heterocycles. The second kappa shape index (κ2) is 3.86. The van der Waals surface area contributed by atoms with Crippen LogP contribution in [0.25, 0.3) is 16.9 Å². The lowest BCUT2D eigenvalue weighted by atomic mass is 10.1. The molecule has 4 heteroatoms. The minimum absolute atomic E-state index is 0.565. The molecule has 0 N–H and O–H groups in total. The third-order valence-electron chi connectivity index (χ3n) is 2.73. The molecular weight excluding hydrogens is 234 g/mol. The molecule has 1 aromatic carbocycles. The maximum atomic E-state index is 6.06. The van der Waals surface area contributed by atoms with E-state index in [-0.39, 0.29) is 0 Å². The fourth-order valence-corrected chi connectivity index (χ4v) is 2.04. The molecule has 0 unspecified atom stereocenters. The van der Waals surface area contributed by atoms with Crippen LogP contribution in [0.2, 0.25) is 5.15 Å². The Morgan fingerprint density at radius 3 is 2.76 bits per heavy atom. The summed E-state index contributed by atoms with van der Waals surface area (Å²) in [5, 5.41) is 5.03. The molecule has 0 saturated heterocycles. The van der Waals surface area contributed by atoms with Crippen molar-refractivity contribution < 1.29 is 0 Å². The smallest absolute Gasteiger partial charge is 0.157 e. The molecule has 0 amide bonds. The first-order valence-corrected chi connectivity index (χ1v) is 5.70. The Kier molecular flexibility index (Phi) is 2.34. The van der Waals surface area contributed by atoms with Gasteiger partial charge in [0.1, 0.15) is 5.15 Å². The Hall–Kier alpha value is -1.87. The largest absolute Gasteiger partial charge is 0.237 e. The van der Waals surface area contributed by atoms with Gasteiger partial charge in [-0.1, -0.05) is 35.9 Å². The average molecular weight is 244 g/mol. The van der Waals surface area contributed by atoms with Crippen molar-refractivity contribution in [2.75, 3.05) is 0 Å². The van der Waals surface area contributed by atoms with Gasteiger partial charge in [-0.2, -0.15) is 5.10 Å². The van der Waals surface area contributed by atoms with Gasteiger partial charge in [0.05, 0.1) is 5.69 Å². The van der Waals surface area contributed by atoms with Gasteiger partial charge in [-0.25, -0.2) is 9.50 Å². The standard InChI is InChI=1S/C13H10ClN3/c1-9-4-2-3-5-10(9)11-8-13-15-7-6-12(14)17(13)16-11/h2-8H,1H3. The Balaban J connectivity index is 2.26. The van der Waals surface area contributed by atoms with Crippen LogP contribution in [0.4, 0.5) is 0 Å². The highest BCUT2D eigenvalue weighted by molar-refractivity contribution is 6.29. The molecule has 0 aliphatic heterocycles. The molecule has 0 spiro atoms. The Morgan fingerprint density at radius 2 is 2.00 bits per heavy atom. The van der Waals surface area contributed by atoms with Crippen LogP contribution in [0.3, 0.4) is 0 Å². The number of nitrogens with zero attached hydrogens (tertiary/aromatic N) is 3. The van der Waals surface area contributed by atoms with E-state index in [1.165, 1.54) is 5.56 Å². The summed E-state index contributed by atoms with van der Waals surface area (Å²) in [5.74, 6) is 0. The summed E-state index contributed by atoms with van der Waals surface area (Å²) < 4.78 is 1.64. The molecule has 3 rings (SSSR count). The average Bonchev–Trinajstić information content (AvgIpc) is 2.75. The van der Waals surface area contributed by atoms with Crippen molar-refractivity contribution in [3.63, 3.8) is 0 Å². The fraction of sp³-hybridized carbons (Fsp3) is 0.0769. The summed E-state index contributed by atoms with van der Waals surface area (Å²) in [6.07, 6.45) is 1.68. The van der Waals surface area contributed by atoms with E-state index in [0.29, 0.717) is 5.15 Å². The van der Waals surface area contributed by atoms with Gasteiger partial charge in [0, 0.05) is 17.8 Å². The molecular formula is C13H10ClN3. The van der Waals surface area contributed by atoms with E-state index in [4.69, 9.17) is 11.6 Å². The van der Waals surface area contributed by atoms with Gasteiger partial charge < -0.3 is 0 Å². The first-order valence-electron chi connectivity index (χ1n) is 5.32. The number of fused-ring (bicyclic) bond motifs is 1. The van der Waals surface area contributed by atoms with Crippen LogP contribution in [0.5, 0.6) is 0 Å². The first-order chi connectivity index (χ1) is 8.25. The third kappa shape index (κ3) is 1.68. The molecule has 0 aliphatic rings. The van der Waals surface area contributed by atoms with Crippen LogP contribution in [-0.2, 0) is 0 Å². The van der Waals surface area contributed by atoms with Crippen molar-refractivity contribution in [2.24, 2.45) is 0 Å². The van der Waals surface area contributed by atoms with Crippen LogP contribution in [-0.4, -0.2) is 14.6 Å². The Labute approximate surface area is 104 Å². The fourth-order valence-electron chi connectivity index (χ4n) is 1.86. The molecule has 0 radical (unpaired) electrons. The van der Waals surface area contributed by atoms with Gasteiger partial charge in [-0.3, -0.25) is 0 Å². The van der Waals surface area contributed by atoms with E-state index in [1.807, 2.05) is 24.3 Å². The summed E-state index contributed by atoms with van der Waals surface area (Å²) in [6.45, 7) is 2.06. The minimum Gasteiger partial charge on any atom is -0.237 e. The molecule has 2 heterocycles. The number of aromatic nitrogens is 3. The lowest BCUT2D eigenvalue weighted by Gasteiger charge is -2.00. The van der Waals surface area contributed by atoms with Gasteiger partial charge in [0.15, 0.2) is 5.65 Å². The molecule has 17 heavy (non-hydrogen) atoms. The molecule has 3 nitrogen and oxygen atoms in total. The summed E-state index contributed by atoms with van der Waals surface area (Å²) in [5.41, 5.74) is 3.94. The number of rotatable bonds is 1. The van der Waals surface area contributed by atoms with E-state index in [2.05, 4.69) is 23.1 Å². The second-order valence-corrected chi connectivity index (χ2v) is 4.27. The van der Waals surface area contributed by atoms with Crippen molar-refractivity contribution >= 4 is 17.2 Å². The van der Waals surface area contributed by atoms with Crippen LogP contribution >= 0.6 is 11.6 Å². The van der Waals surface area contributed by atoms with Crippen molar-refractivity contribution in [2.45, 2.75) is 6.92 Å². The highest BCUT2D eigenvalue weighted by Gasteiger charge is 2.08. The monoisotopic (exact) mass is 243 g/mol. The molecule has 0 saturated carbocycles. The molecule has 0 aliphatic carbocycles. The number of benzene rings is 1. The van der Waals surface area contributed by atoms with Crippen LogP contribution in [0.1, 0.15) is 5.56 Å². The second-order valence-electron chi connectivity index (χ2n) is 3.88. The number of hydrogen-bond acceptors (Lipinski definition) is 2. The highest BCUT2D eigenvalue weighted by atomic mass is 35.5. The maximum Gasteiger partial charge on any atom is 0.157 e. The van der Waals surface area contributed by atoms with E-state index < -0.39 is 0 Å². The topological polar surface area (TPSA) is 30.2 Å². The van der Waals surface area contributed by atoms with Crippen molar-refractivity contribution in [3.05, 3.63) is 53.3 Å². The van der Waals surface area contributed by atoms with E-state index >= 15 is 0 Å². The van der Waals surface area contributed by atoms with E-state index in [0.717, 1.165) is 16.9 Å². The first kappa shape index (κ1) is 10.3. The number of halogens is 1. The van der Waals surface area contributed by atoms with Gasteiger partial charge >= 0.3 is 0 Å². The summed E-state index contributed by atoms with van der Waals surface area (Å²) in [7, 11) is 0. The number of hydrogen-bond donors (Lipinski definition) is 0. The van der Waals surface area contributed by atoms with Gasteiger partial charge in [0.25, 0.3) is 0 Å². The summed E-state index contributed by atoms with van der Waals surface area (Å²) >= 11 is 6.06. The predicted octanol–water partition coefficient (Wildman–Crippen LogP) is 3.36. The highest BCUT2D eigenvalue weighted by Crippen LogP contribution is 2.23. The van der Waals surface area contributed by atoms with E-state index in [9.17, 15) is 0 Å². The zero-order valence-electron chi connectivity index (χ0n) is 9.26. The summed E-state index contributed by atoms with van der Waals surface area (Å²) in [4.78, 5) is 4.23. The van der Waals surface area contributed by atoms with Crippen molar-refractivity contribution in [3.8, 4) is 11.3 Å². The molecule has 0 fully saturated rings. The lowest BCUT2D eigenvalue weighted by Crippen LogP contribution is -1.91. The quantitative estimate of drug-likeness (QED) is 0.614. The minimum atomic E-state index is 0.565. The van der Waals surface area contributed by atoms with Gasteiger partial charge in [-0.15, -0.1) is 0 Å². The SMILES string of the molecule is Cc1ccccc1-c1cc2nccc(Cl)n2n1.